The van der Waals surface area contributed by atoms with Gasteiger partial charge < -0.3 is 15.0 Å². The van der Waals surface area contributed by atoms with Gasteiger partial charge in [0.15, 0.2) is 0 Å². The molecular weight excluding hydrogens is 322 g/mol. The van der Waals surface area contributed by atoms with Crippen molar-refractivity contribution < 1.29 is 9.53 Å². The molecule has 3 rings (SSSR count). The highest BCUT2D eigenvalue weighted by molar-refractivity contribution is 7.12. The number of nitrogens with one attached hydrogen (secondary N) is 1. The number of nitrogens with zero attached hydrogens (tertiary/aromatic N) is 2. The Labute approximate surface area is 146 Å². The van der Waals surface area contributed by atoms with Crippen molar-refractivity contribution in [3.05, 3.63) is 40.2 Å². The van der Waals surface area contributed by atoms with E-state index in [1.165, 1.54) is 4.88 Å². The maximum atomic E-state index is 12.1. The van der Waals surface area contributed by atoms with Crippen LogP contribution in [0.5, 0.6) is 0 Å². The number of carbonyl (C=O) groups excluding carboxylic acids is 1. The Morgan fingerprint density at radius 3 is 2.96 bits per heavy atom. The molecule has 1 saturated heterocycles. The number of hydrogen-bond acceptors (Lipinski definition) is 5. The number of amides is 1. The fourth-order valence-electron chi connectivity index (χ4n) is 2.77. The van der Waals surface area contributed by atoms with Gasteiger partial charge in [-0.1, -0.05) is 30.3 Å². The van der Waals surface area contributed by atoms with Crippen LogP contribution < -0.4 is 5.32 Å². The van der Waals surface area contributed by atoms with Crippen molar-refractivity contribution in [1.82, 2.24) is 15.2 Å². The van der Waals surface area contributed by atoms with E-state index in [1.54, 1.807) is 11.3 Å². The molecule has 0 aliphatic carbocycles. The summed E-state index contributed by atoms with van der Waals surface area (Å²) < 4.78 is 5.53. The lowest BCUT2D eigenvalue weighted by Crippen LogP contribution is -2.48. The molecule has 1 amide bonds. The second kappa shape index (κ2) is 7.88. The van der Waals surface area contributed by atoms with Gasteiger partial charge in [-0.3, -0.25) is 4.79 Å². The molecule has 24 heavy (non-hydrogen) atoms. The Balaban J connectivity index is 1.53. The van der Waals surface area contributed by atoms with Crippen molar-refractivity contribution in [3.8, 4) is 11.3 Å². The van der Waals surface area contributed by atoms with Crippen LogP contribution in [0, 0.1) is 6.92 Å². The van der Waals surface area contributed by atoms with E-state index in [4.69, 9.17) is 9.72 Å². The number of thiazole rings is 1. The number of ether oxygens (including phenoxy) is 1. The lowest BCUT2D eigenvalue weighted by molar-refractivity contribution is -0.137. The van der Waals surface area contributed by atoms with Crippen LogP contribution in [0.2, 0.25) is 0 Å². The summed E-state index contributed by atoms with van der Waals surface area (Å²) in [7, 11) is 2.01. The van der Waals surface area contributed by atoms with Gasteiger partial charge in [0.25, 0.3) is 0 Å². The third kappa shape index (κ3) is 4.20. The second-order valence-electron chi connectivity index (χ2n) is 6.04. The van der Waals surface area contributed by atoms with Crippen LogP contribution in [-0.2, 0) is 16.0 Å². The Morgan fingerprint density at radius 1 is 1.42 bits per heavy atom. The first kappa shape index (κ1) is 17.1. The van der Waals surface area contributed by atoms with Gasteiger partial charge in [-0.2, -0.15) is 0 Å². The summed E-state index contributed by atoms with van der Waals surface area (Å²) in [5.41, 5.74) is 2.18. The van der Waals surface area contributed by atoms with Crippen LogP contribution in [0.25, 0.3) is 11.3 Å². The minimum atomic E-state index is -0.360. The number of aryl methyl sites for hydroxylation is 1. The molecule has 2 aromatic rings. The number of hydrogen-bond donors (Lipinski definition) is 1. The number of aromatic nitrogens is 1. The van der Waals surface area contributed by atoms with E-state index in [-0.39, 0.29) is 12.0 Å². The molecule has 0 bridgehead atoms. The molecule has 0 radical (unpaired) electrons. The number of morpholine rings is 1. The number of benzene rings is 1. The fraction of sp³-hybridized carbons (Fsp3) is 0.444. The fourth-order valence-corrected chi connectivity index (χ4v) is 3.72. The van der Waals surface area contributed by atoms with Crippen LogP contribution in [0.1, 0.15) is 9.88 Å². The maximum Gasteiger partial charge on any atom is 0.250 e. The molecule has 1 fully saturated rings. The molecule has 1 aromatic heterocycles. The highest BCUT2D eigenvalue weighted by atomic mass is 32.1. The summed E-state index contributed by atoms with van der Waals surface area (Å²) in [6.07, 6.45) is 0.383. The highest BCUT2D eigenvalue weighted by Gasteiger charge is 2.24. The van der Waals surface area contributed by atoms with E-state index in [0.29, 0.717) is 19.7 Å². The molecule has 1 aliphatic heterocycles. The molecule has 6 heteroatoms. The van der Waals surface area contributed by atoms with E-state index in [9.17, 15) is 4.79 Å². The molecule has 128 valence electrons. The molecule has 1 atom stereocenters. The van der Waals surface area contributed by atoms with Crippen molar-refractivity contribution in [2.24, 2.45) is 0 Å². The van der Waals surface area contributed by atoms with Crippen LogP contribution >= 0.6 is 11.3 Å². The lowest BCUT2D eigenvalue weighted by Gasteiger charge is -2.29. The van der Waals surface area contributed by atoms with Gasteiger partial charge in [0, 0.05) is 36.5 Å². The summed E-state index contributed by atoms with van der Waals surface area (Å²) in [5, 5.41) is 4.02. The monoisotopic (exact) mass is 345 g/mol. The van der Waals surface area contributed by atoms with Crippen molar-refractivity contribution in [2.75, 3.05) is 33.3 Å². The summed E-state index contributed by atoms with van der Waals surface area (Å²) in [6, 6.07) is 10.2. The highest BCUT2D eigenvalue weighted by Crippen LogP contribution is 2.27. The normalized spacial score (nSPS) is 18.5. The standard InChI is InChI=1S/C18H23N3O2S/c1-13-17(14-6-4-3-5-7-14)20-16(24-13)8-9-19-18(22)15-12-21(2)10-11-23-15/h3-7,15H,8-12H2,1-2H3,(H,19,22)/t15-/m1/s1. The molecule has 5 nitrogen and oxygen atoms in total. The van der Waals surface area contributed by atoms with Crippen molar-refractivity contribution >= 4 is 17.2 Å². The van der Waals surface area contributed by atoms with Gasteiger partial charge in [0.05, 0.1) is 17.3 Å². The molecule has 0 unspecified atom stereocenters. The zero-order valence-electron chi connectivity index (χ0n) is 14.1. The predicted molar refractivity (Wildman–Crippen MR) is 96.2 cm³/mol. The van der Waals surface area contributed by atoms with Gasteiger partial charge in [0.2, 0.25) is 5.91 Å². The van der Waals surface area contributed by atoms with E-state index >= 15 is 0 Å². The average molecular weight is 345 g/mol. The molecule has 1 N–H and O–H groups in total. The van der Waals surface area contributed by atoms with Gasteiger partial charge in [-0.05, 0) is 14.0 Å². The first-order chi connectivity index (χ1) is 11.6. The smallest absolute Gasteiger partial charge is 0.250 e. The topological polar surface area (TPSA) is 54.5 Å². The molecule has 2 heterocycles. The second-order valence-corrected chi connectivity index (χ2v) is 7.33. The predicted octanol–water partition coefficient (Wildman–Crippen LogP) is 2.11. The van der Waals surface area contributed by atoms with Crippen molar-refractivity contribution in [2.45, 2.75) is 19.4 Å². The third-order valence-corrected chi connectivity index (χ3v) is 5.12. The van der Waals surface area contributed by atoms with Crippen molar-refractivity contribution in [1.29, 1.82) is 0 Å². The van der Waals surface area contributed by atoms with E-state index in [2.05, 4.69) is 29.3 Å². The zero-order valence-corrected chi connectivity index (χ0v) is 14.9. The molecule has 0 saturated carbocycles. The molecule has 0 spiro atoms. The third-order valence-electron chi connectivity index (χ3n) is 4.09. The lowest BCUT2D eigenvalue weighted by atomic mass is 10.1. The van der Waals surface area contributed by atoms with Crippen LogP contribution in [0.4, 0.5) is 0 Å². The largest absolute Gasteiger partial charge is 0.366 e. The summed E-state index contributed by atoms with van der Waals surface area (Å²) in [6.45, 7) is 4.82. The summed E-state index contributed by atoms with van der Waals surface area (Å²) in [5.74, 6) is -0.0295. The summed E-state index contributed by atoms with van der Waals surface area (Å²) in [4.78, 5) is 20.2. The number of carbonyl (C=O) groups is 1. The summed E-state index contributed by atoms with van der Waals surface area (Å²) >= 11 is 1.69. The Hall–Kier alpha value is -1.76. The van der Waals surface area contributed by atoms with E-state index in [1.807, 2.05) is 25.2 Å². The molecular formula is C18H23N3O2S. The van der Waals surface area contributed by atoms with Gasteiger partial charge >= 0.3 is 0 Å². The van der Waals surface area contributed by atoms with Gasteiger partial charge in [-0.15, -0.1) is 11.3 Å². The van der Waals surface area contributed by atoms with Crippen LogP contribution in [0.3, 0.4) is 0 Å². The first-order valence-corrected chi connectivity index (χ1v) is 9.04. The Morgan fingerprint density at radius 2 is 2.21 bits per heavy atom. The van der Waals surface area contributed by atoms with Crippen LogP contribution in [-0.4, -0.2) is 55.2 Å². The van der Waals surface area contributed by atoms with E-state index in [0.717, 1.165) is 29.2 Å². The quantitative estimate of drug-likeness (QED) is 0.902. The Bertz CT molecular complexity index is 687. The van der Waals surface area contributed by atoms with Crippen molar-refractivity contribution in [3.63, 3.8) is 0 Å². The maximum absolute atomic E-state index is 12.1. The van der Waals surface area contributed by atoms with E-state index < -0.39 is 0 Å². The zero-order chi connectivity index (χ0) is 16.9. The van der Waals surface area contributed by atoms with Gasteiger partial charge in [-0.25, -0.2) is 4.98 Å². The van der Waals surface area contributed by atoms with Crippen LogP contribution in [0.15, 0.2) is 30.3 Å². The molecule has 1 aliphatic rings. The first-order valence-electron chi connectivity index (χ1n) is 8.23. The van der Waals surface area contributed by atoms with Gasteiger partial charge in [0.1, 0.15) is 6.10 Å². The SMILES string of the molecule is Cc1sc(CCNC(=O)[C@H]2CN(C)CCO2)nc1-c1ccccc1. The molecule has 1 aromatic carbocycles. The minimum absolute atomic E-state index is 0.0295. The Kier molecular flexibility index (Phi) is 5.60. The number of likely N-dealkylation sites (N-methyl/N-ethyl adjacent to an activating group) is 1. The minimum Gasteiger partial charge on any atom is -0.366 e. The average Bonchev–Trinajstić information content (AvgIpc) is 2.96. The number of rotatable bonds is 5.